The van der Waals surface area contributed by atoms with E-state index in [-0.39, 0.29) is 11.7 Å². The molecule has 0 spiro atoms. The topological polar surface area (TPSA) is 9.23 Å². The Labute approximate surface area is 138 Å². The molecule has 0 radical (unpaired) electrons. The first-order valence-electron chi connectivity index (χ1n) is 9.28. The molecule has 0 saturated heterocycles. The minimum absolute atomic E-state index is 0.0375. The molecule has 23 heavy (non-hydrogen) atoms. The number of hydrogen-bond acceptors (Lipinski definition) is 1. The van der Waals surface area contributed by atoms with Gasteiger partial charge in [-0.2, -0.15) is 4.39 Å². The fourth-order valence-electron chi connectivity index (χ4n) is 5.03. The zero-order valence-electron chi connectivity index (χ0n) is 14.3. The average Bonchev–Trinajstić information content (AvgIpc) is 3.13. The molecular weight excluding hydrogens is 294 g/mol. The monoisotopic (exact) mass is 322 g/mol. The lowest BCUT2D eigenvalue weighted by Crippen LogP contribution is -2.14. The highest BCUT2D eigenvalue weighted by Crippen LogP contribution is 2.56. The molecule has 0 aromatic heterocycles. The van der Waals surface area contributed by atoms with Crippen molar-refractivity contribution < 1.29 is 13.5 Å². The number of rotatable bonds is 6. The third kappa shape index (κ3) is 3.12. The van der Waals surface area contributed by atoms with Gasteiger partial charge in [0.05, 0.1) is 6.61 Å². The van der Waals surface area contributed by atoms with Crippen LogP contribution in [0.1, 0.15) is 70.3 Å². The van der Waals surface area contributed by atoms with Gasteiger partial charge in [0.15, 0.2) is 11.6 Å². The van der Waals surface area contributed by atoms with Gasteiger partial charge < -0.3 is 4.74 Å². The molecule has 4 atom stereocenters. The lowest BCUT2D eigenvalue weighted by Gasteiger charge is -2.22. The molecule has 0 heterocycles. The zero-order chi connectivity index (χ0) is 16.4. The highest BCUT2D eigenvalue weighted by atomic mass is 19.2. The van der Waals surface area contributed by atoms with Gasteiger partial charge in [-0.05, 0) is 67.9 Å². The van der Waals surface area contributed by atoms with E-state index in [1.807, 2.05) is 0 Å². The largest absolute Gasteiger partial charge is 0.491 e. The maximum absolute atomic E-state index is 14.5. The van der Waals surface area contributed by atoms with Crippen molar-refractivity contribution in [1.82, 2.24) is 0 Å². The van der Waals surface area contributed by atoms with Gasteiger partial charge >= 0.3 is 0 Å². The SMILES string of the molecule is CCCCC1CCC2C(c3ccc(OCC)c(F)c3F)CCC12. The average molecular weight is 322 g/mol. The van der Waals surface area contributed by atoms with Gasteiger partial charge in [0, 0.05) is 0 Å². The maximum atomic E-state index is 14.5. The van der Waals surface area contributed by atoms with Crippen LogP contribution in [-0.4, -0.2) is 6.61 Å². The predicted octanol–water partition coefficient (Wildman–Crippen LogP) is 6.07. The molecule has 2 fully saturated rings. The Morgan fingerprint density at radius 1 is 1.00 bits per heavy atom. The van der Waals surface area contributed by atoms with Gasteiger partial charge in [0.25, 0.3) is 0 Å². The van der Waals surface area contributed by atoms with E-state index in [1.54, 1.807) is 19.1 Å². The maximum Gasteiger partial charge on any atom is 0.200 e. The van der Waals surface area contributed by atoms with Crippen LogP contribution in [0.2, 0.25) is 0 Å². The second-order valence-corrected chi connectivity index (χ2v) is 7.21. The fourth-order valence-corrected chi connectivity index (χ4v) is 5.03. The summed E-state index contributed by atoms with van der Waals surface area (Å²) >= 11 is 0. The summed E-state index contributed by atoms with van der Waals surface area (Å²) in [7, 11) is 0. The van der Waals surface area contributed by atoms with E-state index in [2.05, 4.69) is 6.92 Å². The lowest BCUT2D eigenvalue weighted by atomic mass is 9.84. The van der Waals surface area contributed by atoms with Crippen LogP contribution in [0, 0.1) is 29.4 Å². The summed E-state index contributed by atoms with van der Waals surface area (Å²) in [6, 6.07) is 3.36. The summed E-state index contributed by atoms with van der Waals surface area (Å²) in [6.07, 6.45) is 8.48. The molecule has 0 aliphatic heterocycles. The van der Waals surface area contributed by atoms with Crippen LogP contribution in [0.4, 0.5) is 8.78 Å². The van der Waals surface area contributed by atoms with E-state index >= 15 is 0 Å². The van der Waals surface area contributed by atoms with Crippen molar-refractivity contribution in [3.05, 3.63) is 29.3 Å². The third-order valence-corrected chi connectivity index (χ3v) is 6.06. The van der Waals surface area contributed by atoms with Gasteiger partial charge in [0.2, 0.25) is 5.82 Å². The van der Waals surface area contributed by atoms with Gasteiger partial charge in [0.1, 0.15) is 0 Å². The quantitative estimate of drug-likeness (QED) is 0.617. The molecule has 0 bridgehead atoms. The minimum atomic E-state index is -0.812. The van der Waals surface area contributed by atoms with E-state index < -0.39 is 11.6 Å². The molecule has 3 heteroatoms. The third-order valence-electron chi connectivity index (χ3n) is 6.06. The molecule has 2 aliphatic carbocycles. The molecule has 128 valence electrons. The summed E-state index contributed by atoms with van der Waals surface area (Å²) in [5.41, 5.74) is 0.578. The summed E-state index contributed by atoms with van der Waals surface area (Å²) in [6.45, 7) is 4.37. The summed E-state index contributed by atoms with van der Waals surface area (Å²) in [5.74, 6) is 0.809. The molecule has 0 N–H and O–H groups in total. The van der Waals surface area contributed by atoms with Gasteiger partial charge in [-0.25, -0.2) is 4.39 Å². The van der Waals surface area contributed by atoms with Crippen LogP contribution in [0.5, 0.6) is 5.75 Å². The van der Waals surface area contributed by atoms with Crippen LogP contribution in [0.25, 0.3) is 0 Å². The Balaban J connectivity index is 1.77. The van der Waals surface area contributed by atoms with Crippen molar-refractivity contribution >= 4 is 0 Å². The number of benzene rings is 1. The number of ether oxygens (including phenoxy) is 1. The minimum Gasteiger partial charge on any atom is -0.491 e. The van der Waals surface area contributed by atoms with Crippen LogP contribution in [0.15, 0.2) is 12.1 Å². The van der Waals surface area contributed by atoms with Crippen molar-refractivity contribution in [3.63, 3.8) is 0 Å². The number of halogens is 2. The van der Waals surface area contributed by atoms with Crippen molar-refractivity contribution in [3.8, 4) is 5.75 Å². The Bertz CT molecular complexity index is 543. The standard InChI is InChI=1S/C20H28F2O/c1-3-5-6-13-7-8-15-14(13)9-10-16(15)17-11-12-18(23-4-2)20(22)19(17)21/h11-16H,3-10H2,1-2H3. The first-order valence-corrected chi connectivity index (χ1v) is 9.28. The fraction of sp³-hybridized carbons (Fsp3) is 0.700. The molecular formula is C20H28F2O. The van der Waals surface area contributed by atoms with Crippen LogP contribution < -0.4 is 4.74 Å². The Kier molecular flexibility index (Phi) is 5.23. The van der Waals surface area contributed by atoms with Crippen LogP contribution in [-0.2, 0) is 0 Å². The van der Waals surface area contributed by atoms with Gasteiger partial charge in [-0.3, -0.25) is 0 Å². The molecule has 3 rings (SSSR count). The van der Waals surface area contributed by atoms with E-state index in [9.17, 15) is 8.78 Å². The summed E-state index contributed by atoms with van der Waals surface area (Å²) in [4.78, 5) is 0. The van der Waals surface area contributed by atoms with Crippen LogP contribution >= 0.6 is 0 Å². The normalized spacial score (nSPS) is 29.7. The second-order valence-electron chi connectivity index (χ2n) is 7.21. The first kappa shape index (κ1) is 16.7. The van der Waals surface area contributed by atoms with Crippen molar-refractivity contribution in [2.75, 3.05) is 6.61 Å². The molecule has 1 aromatic rings. The highest BCUT2D eigenvalue weighted by Gasteiger charge is 2.45. The summed E-state index contributed by atoms with van der Waals surface area (Å²) < 4.78 is 33.9. The summed E-state index contributed by atoms with van der Waals surface area (Å²) in [5, 5.41) is 0. The number of fused-ring (bicyclic) bond motifs is 1. The second kappa shape index (κ2) is 7.19. The highest BCUT2D eigenvalue weighted by molar-refractivity contribution is 5.34. The zero-order valence-corrected chi connectivity index (χ0v) is 14.3. The van der Waals surface area contributed by atoms with Crippen molar-refractivity contribution in [2.45, 2.75) is 64.7 Å². The Morgan fingerprint density at radius 3 is 2.52 bits per heavy atom. The van der Waals surface area contributed by atoms with Crippen molar-refractivity contribution in [1.29, 1.82) is 0 Å². The van der Waals surface area contributed by atoms with E-state index in [1.165, 1.54) is 38.5 Å². The molecule has 1 nitrogen and oxygen atoms in total. The van der Waals surface area contributed by atoms with Gasteiger partial charge in [-0.15, -0.1) is 0 Å². The molecule has 2 aliphatic rings. The molecule has 0 amide bonds. The molecule has 2 saturated carbocycles. The number of unbranched alkanes of at least 4 members (excludes halogenated alkanes) is 1. The number of hydrogen-bond donors (Lipinski definition) is 0. The smallest absolute Gasteiger partial charge is 0.200 e. The van der Waals surface area contributed by atoms with Crippen LogP contribution in [0.3, 0.4) is 0 Å². The Morgan fingerprint density at radius 2 is 1.78 bits per heavy atom. The van der Waals surface area contributed by atoms with E-state index in [4.69, 9.17) is 4.74 Å². The lowest BCUT2D eigenvalue weighted by molar-refractivity contribution is 0.308. The van der Waals surface area contributed by atoms with E-state index in [0.29, 0.717) is 18.1 Å². The van der Waals surface area contributed by atoms with Gasteiger partial charge in [-0.1, -0.05) is 32.3 Å². The predicted molar refractivity (Wildman–Crippen MR) is 88.7 cm³/mol. The first-order chi connectivity index (χ1) is 11.2. The molecule has 1 aromatic carbocycles. The van der Waals surface area contributed by atoms with Crippen molar-refractivity contribution in [2.24, 2.45) is 17.8 Å². The van der Waals surface area contributed by atoms with E-state index in [0.717, 1.165) is 18.3 Å². The molecule has 4 unspecified atom stereocenters. The Hall–Kier alpha value is -1.12.